The number of nitrogens with two attached hydrogens (primary N) is 1. The second-order valence-electron chi connectivity index (χ2n) is 6.56. The molecule has 0 aliphatic rings. The highest BCUT2D eigenvalue weighted by molar-refractivity contribution is 6.06. The maximum Gasteiger partial charge on any atom is 0.460 e. The van der Waals surface area contributed by atoms with Crippen LogP contribution < -0.4 is 16.5 Å². The predicted octanol–water partition coefficient (Wildman–Crippen LogP) is 4.61. The van der Waals surface area contributed by atoms with Crippen LogP contribution in [-0.2, 0) is 10.8 Å². The van der Waals surface area contributed by atoms with Crippen LogP contribution >= 0.6 is 0 Å². The first-order chi connectivity index (χ1) is 14.6. The summed E-state index contributed by atoms with van der Waals surface area (Å²) in [4.78, 5) is 28.8. The largest absolute Gasteiger partial charge is 0.460 e. The Kier molecular flexibility index (Phi) is 6.73. The summed E-state index contributed by atoms with van der Waals surface area (Å²) in [7, 11) is 1.32. The highest BCUT2D eigenvalue weighted by Crippen LogP contribution is 2.52. The summed E-state index contributed by atoms with van der Waals surface area (Å²) in [6.07, 6.45) is -6.60. The molecule has 0 saturated carbocycles. The molecule has 0 aromatic heterocycles. The zero-order valence-corrected chi connectivity index (χ0v) is 16.4. The van der Waals surface area contributed by atoms with Crippen molar-refractivity contribution in [3.63, 3.8) is 0 Å². The third kappa shape index (κ3) is 4.61. The minimum atomic E-state index is -6.60. The normalized spacial score (nSPS) is 12.4. The molecule has 13 heteroatoms. The number of hydrogen-bond acceptors (Lipinski definition) is 4. The van der Waals surface area contributed by atoms with Gasteiger partial charge in [0.15, 0.2) is 0 Å². The lowest BCUT2D eigenvalue weighted by molar-refractivity contribution is -0.359. The summed E-state index contributed by atoms with van der Waals surface area (Å²) in [6.45, 7) is 1.57. The lowest BCUT2D eigenvalue weighted by Gasteiger charge is -2.29. The van der Waals surface area contributed by atoms with Crippen molar-refractivity contribution in [2.75, 3.05) is 17.9 Å². The predicted molar refractivity (Wildman–Crippen MR) is 99.6 cm³/mol. The van der Waals surface area contributed by atoms with Crippen LogP contribution in [0.15, 0.2) is 36.4 Å². The average Bonchev–Trinajstić information content (AvgIpc) is 2.68. The Labute approximate surface area is 176 Å². The van der Waals surface area contributed by atoms with Gasteiger partial charge in [-0.25, -0.2) is 0 Å². The number of hydrogen-bond donors (Lipinski definition) is 3. The van der Waals surface area contributed by atoms with E-state index in [1.807, 2.05) is 0 Å². The van der Waals surface area contributed by atoms with Crippen molar-refractivity contribution in [2.24, 2.45) is 5.73 Å². The minimum absolute atomic E-state index is 0.0886. The summed E-state index contributed by atoms with van der Waals surface area (Å²) >= 11 is 0. The number of amides is 2. The van der Waals surface area contributed by atoms with Gasteiger partial charge in [0.05, 0.1) is 18.4 Å². The highest BCUT2D eigenvalue weighted by Gasteiger charge is 2.74. The molecular formula is C19H16F7N3O3. The van der Waals surface area contributed by atoms with Gasteiger partial charge in [-0.15, -0.1) is 0 Å². The zero-order chi connectivity index (χ0) is 24.5. The molecule has 0 aliphatic heterocycles. The second-order valence-corrected chi connectivity index (χ2v) is 6.56. The van der Waals surface area contributed by atoms with Crippen molar-refractivity contribution in [3.05, 3.63) is 58.7 Å². The van der Waals surface area contributed by atoms with Crippen LogP contribution in [0.2, 0.25) is 0 Å². The van der Waals surface area contributed by atoms with Crippen LogP contribution in [0, 0.1) is 6.92 Å². The molecule has 32 heavy (non-hydrogen) atoms. The molecule has 174 valence electrons. The summed E-state index contributed by atoms with van der Waals surface area (Å²) in [5, 5.41) is 2.24. The van der Waals surface area contributed by atoms with E-state index in [4.69, 9.17) is 10.6 Å². The first-order valence-electron chi connectivity index (χ1n) is 8.61. The molecule has 0 spiro atoms. The Hall–Kier alpha value is -3.35. The van der Waals surface area contributed by atoms with Gasteiger partial charge in [-0.3, -0.25) is 19.9 Å². The molecule has 0 radical (unpaired) electrons. The molecule has 0 unspecified atom stereocenters. The van der Waals surface area contributed by atoms with E-state index >= 15 is 0 Å². The number of primary amides is 1. The van der Waals surface area contributed by atoms with Gasteiger partial charge in [-0.2, -0.15) is 30.7 Å². The van der Waals surface area contributed by atoms with Crippen molar-refractivity contribution >= 4 is 23.2 Å². The monoisotopic (exact) mass is 467 g/mol. The van der Waals surface area contributed by atoms with Crippen LogP contribution in [0.5, 0.6) is 0 Å². The van der Waals surface area contributed by atoms with Crippen LogP contribution in [0.1, 0.15) is 31.8 Å². The molecule has 6 nitrogen and oxygen atoms in total. The first-order valence-corrected chi connectivity index (χ1v) is 8.61. The molecule has 2 aromatic carbocycles. The lowest BCUT2D eigenvalue weighted by Crippen LogP contribution is -2.50. The molecule has 4 N–H and O–H groups in total. The van der Waals surface area contributed by atoms with E-state index in [-0.39, 0.29) is 17.3 Å². The van der Waals surface area contributed by atoms with E-state index in [9.17, 15) is 40.3 Å². The van der Waals surface area contributed by atoms with Crippen molar-refractivity contribution in [3.8, 4) is 0 Å². The Balaban J connectivity index is 2.46. The van der Waals surface area contributed by atoms with E-state index in [0.717, 1.165) is 0 Å². The zero-order valence-electron chi connectivity index (χ0n) is 16.4. The molecule has 2 amide bonds. The van der Waals surface area contributed by atoms with Crippen LogP contribution in [-0.4, -0.2) is 31.0 Å². The van der Waals surface area contributed by atoms with E-state index in [1.54, 1.807) is 19.1 Å². The Morgan fingerprint density at radius 3 is 2.00 bits per heavy atom. The van der Waals surface area contributed by atoms with Gasteiger partial charge in [0.2, 0.25) is 5.91 Å². The van der Waals surface area contributed by atoms with Gasteiger partial charge < -0.3 is 11.1 Å². The van der Waals surface area contributed by atoms with Crippen molar-refractivity contribution in [2.45, 2.75) is 24.9 Å². The number of nitrogens with one attached hydrogen (secondary N) is 2. The summed E-state index contributed by atoms with van der Waals surface area (Å²) < 4.78 is 92.5. The fraction of sp³-hybridized carbons (Fsp3) is 0.263. The molecule has 0 heterocycles. The van der Waals surface area contributed by atoms with Gasteiger partial charge in [-0.1, -0.05) is 6.07 Å². The first kappa shape index (κ1) is 24.9. The number of alkyl halides is 7. The summed E-state index contributed by atoms with van der Waals surface area (Å²) in [5.41, 5.74) is 4.75. The maximum absolute atomic E-state index is 14.1. The number of benzene rings is 2. The number of rotatable bonds is 7. The quantitative estimate of drug-likeness (QED) is 0.410. The number of anilines is 2. The van der Waals surface area contributed by atoms with E-state index < -0.39 is 41.0 Å². The van der Waals surface area contributed by atoms with Crippen molar-refractivity contribution in [1.29, 1.82) is 0 Å². The van der Waals surface area contributed by atoms with Crippen molar-refractivity contribution < 1.29 is 45.2 Å². The Bertz CT molecular complexity index is 1040. The second kappa shape index (κ2) is 8.65. The third-order valence-corrected chi connectivity index (χ3v) is 4.33. The Morgan fingerprint density at radius 1 is 0.906 bits per heavy atom. The molecule has 2 rings (SSSR count). The SMILES string of the molecule is CONc1ccc(C)c(C(=O)Nc2ccc(C(F)(F)C(F)(F)C(F)(F)F)c(C(N)=O)c2)c1. The molecule has 0 fully saturated rings. The highest BCUT2D eigenvalue weighted by atomic mass is 19.4. The van der Waals surface area contributed by atoms with Gasteiger partial charge in [0, 0.05) is 16.8 Å². The number of halogens is 7. The maximum atomic E-state index is 14.1. The van der Waals surface area contributed by atoms with Crippen LogP contribution in [0.25, 0.3) is 0 Å². The van der Waals surface area contributed by atoms with Gasteiger partial charge >= 0.3 is 18.0 Å². The van der Waals surface area contributed by atoms with Crippen molar-refractivity contribution in [1.82, 2.24) is 0 Å². The van der Waals surface area contributed by atoms with E-state index in [2.05, 4.69) is 10.8 Å². The standard InChI is InChI=1S/C19H16F7N3O3/c1-9-3-4-11(29-32-2)8-12(9)16(31)28-10-5-6-14(13(7-10)15(27)30)17(20,21)18(22,23)19(24,25)26/h3-8,29H,1-2H3,(H2,27,30)(H,28,31). The molecule has 0 saturated heterocycles. The molecule has 2 aromatic rings. The van der Waals surface area contributed by atoms with Crippen LogP contribution in [0.4, 0.5) is 42.1 Å². The summed E-state index contributed by atoms with van der Waals surface area (Å²) in [5.74, 6) is -14.8. The Morgan fingerprint density at radius 2 is 1.47 bits per heavy atom. The van der Waals surface area contributed by atoms with E-state index in [1.165, 1.54) is 13.2 Å². The average molecular weight is 467 g/mol. The van der Waals surface area contributed by atoms with Crippen LogP contribution in [0.3, 0.4) is 0 Å². The summed E-state index contributed by atoms with van der Waals surface area (Å²) in [6, 6.07) is 5.81. The van der Waals surface area contributed by atoms with Gasteiger partial charge in [0.1, 0.15) is 0 Å². The lowest BCUT2D eigenvalue weighted by atomic mass is 9.95. The van der Waals surface area contributed by atoms with Gasteiger partial charge in [-0.05, 0) is 42.8 Å². The fourth-order valence-electron chi connectivity index (χ4n) is 2.69. The fourth-order valence-corrected chi connectivity index (χ4v) is 2.69. The molecular weight excluding hydrogens is 451 g/mol. The molecule has 0 atom stereocenters. The van der Waals surface area contributed by atoms with E-state index in [0.29, 0.717) is 23.4 Å². The topological polar surface area (TPSA) is 93.4 Å². The molecule has 0 aliphatic carbocycles. The molecule has 0 bridgehead atoms. The number of carbonyl (C=O) groups is 2. The number of carbonyl (C=O) groups excluding carboxylic acids is 2. The smallest absolute Gasteiger partial charge is 0.366 e. The third-order valence-electron chi connectivity index (χ3n) is 4.33. The van der Waals surface area contributed by atoms with Gasteiger partial charge in [0.25, 0.3) is 5.91 Å². The number of aryl methyl sites for hydroxylation is 1. The minimum Gasteiger partial charge on any atom is -0.366 e.